The van der Waals surface area contributed by atoms with Crippen molar-refractivity contribution in [2.24, 2.45) is 0 Å². The molecule has 0 amide bonds. The first kappa shape index (κ1) is 10.7. The number of benzene rings is 1. The van der Waals surface area contributed by atoms with Gasteiger partial charge in [0.05, 0.1) is 13.2 Å². The van der Waals surface area contributed by atoms with Crippen LogP contribution in [-0.2, 0) is 24.4 Å². The van der Waals surface area contributed by atoms with E-state index in [9.17, 15) is 0 Å². The summed E-state index contributed by atoms with van der Waals surface area (Å²) in [5, 5.41) is 3.34. The minimum atomic E-state index is 0.588. The zero-order chi connectivity index (χ0) is 10.7. The Bertz CT molecular complexity index is 331. The largest absolute Gasteiger partial charge is 0.372 e. The first-order chi connectivity index (χ1) is 7.33. The standard InChI is InChI=1S/C13H19NO/c1-3-13(14-2)7-10-4-5-11-8-15-9-12(11)6-10/h4-6,13-14H,3,7-9H2,1-2H3/t13-/m1/s1. The number of likely N-dealkylation sites (N-methyl/N-ethyl adjacent to an activating group) is 1. The van der Waals surface area contributed by atoms with Gasteiger partial charge in [0.15, 0.2) is 0 Å². The van der Waals surface area contributed by atoms with Crippen molar-refractivity contribution in [2.45, 2.75) is 39.0 Å². The van der Waals surface area contributed by atoms with E-state index in [4.69, 9.17) is 4.74 Å². The highest BCUT2D eigenvalue weighted by Gasteiger charge is 2.12. The summed E-state index contributed by atoms with van der Waals surface area (Å²) in [7, 11) is 2.03. The van der Waals surface area contributed by atoms with Crippen molar-refractivity contribution in [1.82, 2.24) is 5.32 Å². The van der Waals surface area contributed by atoms with Crippen molar-refractivity contribution < 1.29 is 4.74 Å². The van der Waals surface area contributed by atoms with E-state index in [0.717, 1.165) is 19.6 Å². The quantitative estimate of drug-likeness (QED) is 0.814. The molecule has 0 radical (unpaired) electrons. The van der Waals surface area contributed by atoms with Gasteiger partial charge in [0.2, 0.25) is 0 Å². The summed E-state index contributed by atoms with van der Waals surface area (Å²) in [6.45, 7) is 3.80. The van der Waals surface area contributed by atoms with Gasteiger partial charge < -0.3 is 10.1 Å². The second-order valence-electron chi connectivity index (χ2n) is 4.19. The van der Waals surface area contributed by atoms with E-state index in [1.807, 2.05) is 7.05 Å². The van der Waals surface area contributed by atoms with Gasteiger partial charge in [-0.1, -0.05) is 25.1 Å². The van der Waals surface area contributed by atoms with E-state index in [1.54, 1.807) is 0 Å². The van der Waals surface area contributed by atoms with Crippen LogP contribution in [0.25, 0.3) is 0 Å². The normalized spacial score (nSPS) is 16.4. The Morgan fingerprint density at radius 3 is 2.87 bits per heavy atom. The number of hydrogen-bond donors (Lipinski definition) is 1. The van der Waals surface area contributed by atoms with Gasteiger partial charge in [-0.05, 0) is 36.6 Å². The Balaban J connectivity index is 2.09. The smallest absolute Gasteiger partial charge is 0.0725 e. The molecule has 15 heavy (non-hydrogen) atoms. The molecule has 0 saturated carbocycles. The first-order valence-electron chi connectivity index (χ1n) is 5.69. The van der Waals surface area contributed by atoms with Crippen LogP contribution in [0.15, 0.2) is 18.2 Å². The number of nitrogens with one attached hydrogen (secondary N) is 1. The van der Waals surface area contributed by atoms with Crippen molar-refractivity contribution in [2.75, 3.05) is 7.05 Å². The number of fused-ring (bicyclic) bond motifs is 1. The van der Waals surface area contributed by atoms with Gasteiger partial charge in [-0.3, -0.25) is 0 Å². The molecule has 1 N–H and O–H groups in total. The molecule has 1 aliphatic rings. The molecule has 0 bridgehead atoms. The third kappa shape index (κ3) is 2.39. The molecule has 2 nitrogen and oxygen atoms in total. The topological polar surface area (TPSA) is 21.3 Å². The van der Waals surface area contributed by atoms with Gasteiger partial charge in [-0.2, -0.15) is 0 Å². The van der Waals surface area contributed by atoms with Gasteiger partial charge in [0, 0.05) is 6.04 Å². The van der Waals surface area contributed by atoms with Crippen LogP contribution >= 0.6 is 0 Å². The van der Waals surface area contributed by atoms with Crippen LogP contribution in [-0.4, -0.2) is 13.1 Å². The fourth-order valence-corrected chi connectivity index (χ4v) is 2.09. The molecule has 0 spiro atoms. The molecule has 0 unspecified atom stereocenters. The van der Waals surface area contributed by atoms with E-state index in [-0.39, 0.29) is 0 Å². The lowest BCUT2D eigenvalue weighted by Crippen LogP contribution is -2.26. The third-order valence-electron chi connectivity index (χ3n) is 3.17. The predicted octanol–water partition coefficient (Wildman–Crippen LogP) is 2.26. The zero-order valence-corrected chi connectivity index (χ0v) is 9.55. The van der Waals surface area contributed by atoms with Crippen LogP contribution in [0, 0.1) is 0 Å². The van der Waals surface area contributed by atoms with Crippen LogP contribution in [0.3, 0.4) is 0 Å². The average Bonchev–Trinajstić information content (AvgIpc) is 2.73. The highest BCUT2D eigenvalue weighted by molar-refractivity contribution is 5.33. The second-order valence-corrected chi connectivity index (χ2v) is 4.19. The molecule has 1 aromatic rings. The third-order valence-corrected chi connectivity index (χ3v) is 3.17. The van der Waals surface area contributed by atoms with Crippen molar-refractivity contribution in [3.8, 4) is 0 Å². The highest BCUT2D eigenvalue weighted by atomic mass is 16.5. The second kappa shape index (κ2) is 4.77. The lowest BCUT2D eigenvalue weighted by atomic mass is 10.00. The van der Waals surface area contributed by atoms with Crippen LogP contribution in [0.2, 0.25) is 0 Å². The fraction of sp³-hybridized carbons (Fsp3) is 0.538. The van der Waals surface area contributed by atoms with Crippen LogP contribution in [0.4, 0.5) is 0 Å². The van der Waals surface area contributed by atoms with E-state index in [1.165, 1.54) is 23.1 Å². The van der Waals surface area contributed by atoms with Gasteiger partial charge in [0.25, 0.3) is 0 Å². The summed E-state index contributed by atoms with van der Waals surface area (Å²) in [6, 6.07) is 7.32. The maximum Gasteiger partial charge on any atom is 0.0725 e. The van der Waals surface area contributed by atoms with E-state index < -0.39 is 0 Å². The summed E-state index contributed by atoms with van der Waals surface area (Å²) in [6.07, 6.45) is 2.28. The molecular formula is C13H19NO. The molecular weight excluding hydrogens is 186 g/mol. The average molecular weight is 205 g/mol. The molecule has 1 heterocycles. The Morgan fingerprint density at radius 1 is 1.33 bits per heavy atom. The number of rotatable bonds is 4. The summed E-state index contributed by atoms with van der Waals surface area (Å²) in [4.78, 5) is 0. The zero-order valence-electron chi connectivity index (χ0n) is 9.55. The SMILES string of the molecule is CC[C@H](Cc1ccc2c(c1)COC2)NC. The van der Waals surface area contributed by atoms with Gasteiger partial charge >= 0.3 is 0 Å². The van der Waals surface area contributed by atoms with Gasteiger partial charge in [0.1, 0.15) is 0 Å². The predicted molar refractivity (Wildman–Crippen MR) is 61.8 cm³/mol. The molecule has 0 aliphatic carbocycles. The number of hydrogen-bond acceptors (Lipinski definition) is 2. The van der Waals surface area contributed by atoms with Crippen molar-refractivity contribution in [3.63, 3.8) is 0 Å². The van der Waals surface area contributed by atoms with Crippen LogP contribution in [0.1, 0.15) is 30.0 Å². The molecule has 2 rings (SSSR count). The minimum Gasteiger partial charge on any atom is -0.372 e. The molecule has 1 aromatic carbocycles. The lowest BCUT2D eigenvalue weighted by Gasteiger charge is -2.14. The maximum atomic E-state index is 5.41. The summed E-state index contributed by atoms with van der Waals surface area (Å²) >= 11 is 0. The van der Waals surface area contributed by atoms with Crippen LogP contribution in [0.5, 0.6) is 0 Å². The number of ether oxygens (including phenoxy) is 1. The Morgan fingerprint density at radius 2 is 2.13 bits per heavy atom. The molecule has 0 aromatic heterocycles. The monoisotopic (exact) mass is 205 g/mol. The van der Waals surface area contributed by atoms with E-state index in [2.05, 4.69) is 30.4 Å². The molecule has 1 atom stereocenters. The van der Waals surface area contributed by atoms with Gasteiger partial charge in [-0.15, -0.1) is 0 Å². The summed E-state index contributed by atoms with van der Waals surface area (Å²) in [5.74, 6) is 0. The molecule has 82 valence electrons. The van der Waals surface area contributed by atoms with Crippen molar-refractivity contribution in [1.29, 1.82) is 0 Å². The molecule has 0 saturated heterocycles. The fourth-order valence-electron chi connectivity index (χ4n) is 2.09. The van der Waals surface area contributed by atoms with Crippen LogP contribution < -0.4 is 5.32 Å². The van der Waals surface area contributed by atoms with Crippen molar-refractivity contribution in [3.05, 3.63) is 34.9 Å². The summed E-state index contributed by atoms with van der Waals surface area (Å²) < 4.78 is 5.41. The minimum absolute atomic E-state index is 0.588. The van der Waals surface area contributed by atoms with E-state index in [0.29, 0.717) is 6.04 Å². The maximum absolute atomic E-state index is 5.41. The summed E-state index contributed by atoms with van der Waals surface area (Å²) in [5.41, 5.74) is 4.15. The molecule has 2 heteroatoms. The van der Waals surface area contributed by atoms with Gasteiger partial charge in [-0.25, -0.2) is 0 Å². The van der Waals surface area contributed by atoms with Crippen molar-refractivity contribution >= 4 is 0 Å². The Hall–Kier alpha value is -0.860. The Labute approximate surface area is 91.6 Å². The highest BCUT2D eigenvalue weighted by Crippen LogP contribution is 2.21. The molecule has 1 aliphatic heterocycles. The Kier molecular flexibility index (Phi) is 3.39. The lowest BCUT2D eigenvalue weighted by molar-refractivity contribution is 0.134. The molecule has 0 fully saturated rings. The van der Waals surface area contributed by atoms with E-state index >= 15 is 0 Å². The first-order valence-corrected chi connectivity index (χ1v) is 5.69.